The number of nitrogens with one attached hydrogen (secondary N) is 1. The van der Waals surface area contributed by atoms with Crippen LogP contribution in [0.4, 0.5) is 0 Å². The van der Waals surface area contributed by atoms with E-state index in [0.29, 0.717) is 35.1 Å². The second-order valence-electron chi connectivity index (χ2n) is 5.43. The monoisotopic (exact) mass is 351 g/mol. The SMILES string of the molecule is COc1ccc(-c2nnc(SCC(=O)NCC(C)C)o2)cc1OC. The molecule has 1 aromatic heterocycles. The molecule has 0 radical (unpaired) electrons. The summed E-state index contributed by atoms with van der Waals surface area (Å²) in [6.07, 6.45) is 0. The first-order chi connectivity index (χ1) is 11.5. The Morgan fingerprint density at radius 1 is 1.25 bits per heavy atom. The molecule has 0 unspecified atom stereocenters. The quantitative estimate of drug-likeness (QED) is 0.732. The summed E-state index contributed by atoms with van der Waals surface area (Å²) < 4.78 is 16.0. The van der Waals surface area contributed by atoms with Gasteiger partial charge in [-0.15, -0.1) is 10.2 Å². The van der Waals surface area contributed by atoms with Crippen molar-refractivity contribution < 1.29 is 18.7 Å². The van der Waals surface area contributed by atoms with Gasteiger partial charge in [-0.25, -0.2) is 0 Å². The molecule has 1 aromatic carbocycles. The topological polar surface area (TPSA) is 86.5 Å². The van der Waals surface area contributed by atoms with Gasteiger partial charge in [-0.05, 0) is 24.1 Å². The molecule has 1 N–H and O–H groups in total. The maximum atomic E-state index is 11.7. The summed E-state index contributed by atoms with van der Waals surface area (Å²) in [6.45, 7) is 4.74. The highest BCUT2D eigenvalue weighted by atomic mass is 32.2. The predicted octanol–water partition coefficient (Wildman–Crippen LogP) is 2.62. The number of rotatable bonds is 8. The average molecular weight is 351 g/mol. The maximum absolute atomic E-state index is 11.7. The average Bonchev–Trinajstić information content (AvgIpc) is 3.06. The van der Waals surface area contributed by atoms with Crippen LogP contribution < -0.4 is 14.8 Å². The van der Waals surface area contributed by atoms with Crippen molar-refractivity contribution in [2.24, 2.45) is 5.92 Å². The number of hydrogen-bond donors (Lipinski definition) is 1. The first kappa shape index (κ1) is 18.1. The van der Waals surface area contributed by atoms with E-state index in [-0.39, 0.29) is 11.7 Å². The molecule has 0 bridgehead atoms. The van der Waals surface area contributed by atoms with E-state index in [0.717, 1.165) is 5.56 Å². The Hall–Kier alpha value is -2.22. The molecule has 0 spiro atoms. The molecule has 0 fully saturated rings. The van der Waals surface area contributed by atoms with Crippen molar-refractivity contribution in [2.45, 2.75) is 19.1 Å². The van der Waals surface area contributed by atoms with Gasteiger partial charge in [0, 0.05) is 12.1 Å². The smallest absolute Gasteiger partial charge is 0.277 e. The minimum absolute atomic E-state index is 0.0560. The van der Waals surface area contributed by atoms with E-state index in [1.54, 1.807) is 32.4 Å². The van der Waals surface area contributed by atoms with E-state index in [1.807, 2.05) is 13.8 Å². The highest BCUT2D eigenvalue weighted by molar-refractivity contribution is 7.99. The molecule has 1 heterocycles. The van der Waals surface area contributed by atoms with Gasteiger partial charge < -0.3 is 19.2 Å². The number of methoxy groups -OCH3 is 2. The van der Waals surface area contributed by atoms with Crippen LogP contribution in [-0.2, 0) is 4.79 Å². The highest BCUT2D eigenvalue weighted by Gasteiger charge is 2.13. The molecule has 2 rings (SSSR count). The van der Waals surface area contributed by atoms with Crippen LogP contribution in [0.15, 0.2) is 27.8 Å². The first-order valence-corrected chi connectivity index (χ1v) is 8.47. The molecular formula is C16H21N3O4S. The third-order valence-corrected chi connectivity index (χ3v) is 3.89. The third-order valence-electron chi connectivity index (χ3n) is 3.07. The second-order valence-corrected chi connectivity index (χ2v) is 6.36. The number of carbonyl (C=O) groups excluding carboxylic acids is 1. The fourth-order valence-corrected chi connectivity index (χ4v) is 2.44. The summed E-state index contributed by atoms with van der Waals surface area (Å²) in [6, 6.07) is 5.33. The molecule has 8 heteroatoms. The molecule has 1 amide bonds. The minimum atomic E-state index is -0.0560. The number of nitrogens with zero attached hydrogens (tertiary/aromatic N) is 2. The fraction of sp³-hybridized carbons (Fsp3) is 0.438. The Morgan fingerprint density at radius 2 is 2.00 bits per heavy atom. The van der Waals surface area contributed by atoms with Gasteiger partial charge in [-0.3, -0.25) is 4.79 Å². The standard InChI is InChI=1S/C16H21N3O4S/c1-10(2)8-17-14(20)9-24-16-19-18-15(23-16)11-5-6-12(21-3)13(7-11)22-4/h5-7,10H,8-9H2,1-4H3,(H,17,20). The van der Waals surface area contributed by atoms with Crippen molar-refractivity contribution in [1.29, 1.82) is 0 Å². The van der Waals surface area contributed by atoms with E-state index >= 15 is 0 Å². The maximum Gasteiger partial charge on any atom is 0.277 e. The number of ether oxygens (including phenoxy) is 2. The van der Waals surface area contributed by atoms with Crippen molar-refractivity contribution in [1.82, 2.24) is 15.5 Å². The lowest BCUT2D eigenvalue weighted by Gasteiger charge is -2.07. The summed E-state index contributed by atoms with van der Waals surface area (Å²) in [5.41, 5.74) is 0.719. The lowest BCUT2D eigenvalue weighted by atomic mass is 10.2. The van der Waals surface area contributed by atoms with Gasteiger partial charge in [-0.2, -0.15) is 0 Å². The molecule has 0 saturated heterocycles. The van der Waals surface area contributed by atoms with Gasteiger partial charge >= 0.3 is 0 Å². The minimum Gasteiger partial charge on any atom is -0.493 e. The molecule has 0 aliphatic heterocycles. The number of benzene rings is 1. The van der Waals surface area contributed by atoms with Crippen molar-refractivity contribution in [3.05, 3.63) is 18.2 Å². The van der Waals surface area contributed by atoms with Crippen LogP contribution >= 0.6 is 11.8 Å². The fourth-order valence-electron chi connectivity index (χ4n) is 1.85. The number of hydrogen-bond acceptors (Lipinski definition) is 7. The molecular weight excluding hydrogens is 330 g/mol. The summed E-state index contributed by atoms with van der Waals surface area (Å²) in [5.74, 6) is 2.16. The Labute approximate surface area is 145 Å². The predicted molar refractivity (Wildman–Crippen MR) is 91.4 cm³/mol. The van der Waals surface area contributed by atoms with Gasteiger partial charge in [0.15, 0.2) is 11.5 Å². The van der Waals surface area contributed by atoms with E-state index in [9.17, 15) is 4.79 Å². The van der Waals surface area contributed by atoms with Crippen LogP contribution in [0.3, 0.4) is 0 Å². The van der Waals surface area contributed by atoms with Crippen LogP contribution in [-0.4, -0.2) is 42.6 Å². The lowest BCUT2D eigenvalue weighted by Crippen LogP contribution is -2.28. The third kappa shape index (κ3) is 4.89. The summed E-state index contributed by atoms with van der Waals surface area (Å²) in [4.78, 5) is 11.7. The number of thioether (sulfide) groups is 1. The number of carbonyl (C=O) groups is 1. The van der Waals surface area contributed by atoms with Crippen molar-refractivity contribution in [3.8, 4) is 23.0 Å². The molecule has 0 aliphatic rings. The normalized spacial score (nSPS) is 10.7. The van der Waals surface area contributed by atoms with Gasteiger partial charge in [-0.1, -0.05) is 25.6 Å². The molecule has 0 atom stereocenters. The van der Waals surface area contributed by atoms with Crippen LogP contribution in [0.5, 0.6) is 11.5 Å². The Kier molecular flexibility index (Phi) is 6.48. The van der Waals surface area contributed by atoms with Crippen LogP contribution in [0.25, 0.3) is 11.5 Å². The molecule has 0 saturated carbocycles. The zero-order chi connectivity index (χ0) is 17.5. The largest absolute Gasteiger partial charge is 0.493 e. The number of aromatic nitrogens is 2. The molecule has 24 heavy (non-hydrogen) atoms. The zero-order valence-electron chi connectivity index (χ0n) is 14.2. The van der Waals surface area contributed by atoms with Crippen molar-refractivity contribution >= 4 is 17.7 Å². The van der Waals surface area contributed by atoms with Crippen molar-refractivity contribution in [2.75, 3.05) is 26.5 Å². The number of amides is 1. The van der Waals surface area contributed by atoms with Gasteiger partial charge in [0.25, 0.3) is 5.22 Å². The van der Waals surface area contributed by atoms with Gasteiger partial charge in [0.2, 0.25) is 11.8 Å². The molecule has 130 valence electrons. The molecule has 2 aromatic rings. The summed E-state index contributed by atoms with van der Waals surface area (Å²) in [7, 11) is 3.13. The van der Waals surface area contributed by atoms with E-state index in [1.165, 1.54) is 11.8 Å². The lowest BCUT2D eigenvalue weighted by molar-refractivity contribution is -0.118. The molecule has 0 aliphatic carbocycles. The van der Waals surface area contributed by atoms with Crippen LogP contribution in [0, 0.1) is 5.92 Å². The van der Waals surface area contributed by atoms with Crippen LogP contribution in [0.1, 0.15) is 13.8 Å². The summed E-state index contributed by atoms with van der Waals surface area (Å²) in [5, 5.41) is 11.1. The van der Waals surface area contributed by atoms with Crippen molar-refractivity contribution in [3.63, 3.8) is 0 Å². The Bertz CT molecular complexity index is 688. The van der Waals surface area contributed by atoms with E-state index in [2.05, 4.69) is 15.5 Å². The van der Waals surface area contributed by atoms with E-state index in [4.69, 9.17) is 13.9 Å². The van der Waals surface area contributed by atoms with E-state index < -0.39 is 0 Å². The first-order valence-electron chi connectivity index (χ1n) is 7.49. The highest BCUT2D eigenvalue weighted by Crippen LogP contribution is 2.32. The summed E-state index contributed by atoms with van der Waals surface area (Å²) >= 11 is 1.21. The van der Waals surface area contributed by atoms with Crippen LogP contribution in [0.2, 0.25) is 0 Å². The van der Waals surface area contributed by atoms with Gasteiger partial charge in [0.05, 0.1) is 20.0 Å². The Morgan fingerprint density at radius 3 is 2.67 bits per heavy atom. The molecule has 7 nitrogen and oxygen atoms in total. The Balaban J connectivity index is 1.99. The van der Waals surface area contributed by atoms with Gasteiger partial charge in [0.1, 0.15) is 0 Å². The second kappa shape index (κ2) is 8.58. The zero-order valence-corrected chi connectivity index (χ0v) is 15.0.